The van der Waals surface area contributed by atoms with Gasteiger partial charge in [-0.15, -0.1) is 0 Å². The first kappa shape index (κ1) is 17.0. The maximum atomic E-state index is 5.99. The zero-order valence-corrected chi connectivity index (χ0v) is 14.8. The number of rotatable bonds is 8. The van der Waals surface area contributed by atoms with Crippen LogP contribution in [0.5, 0.6) is 5.75 Å². The monoisotopic (exact) mass is 362 g/mol. The van der Waals surface area contributed by atoms with E-state index < -0.39 is 0 Å². The molecule has 0 atom stereocenters. The van der Waals surface area contributed by atoms with E-state index in [0.29, 0.717) is 6.61 Å². The molecule has 2 aromatic rings. The molecule has 0 amide bonds. The summed E-state index contributed by atoms with van der Waals surface area (Å²) in [5, 5.41) is 3.46. The third-order valence-corrected chi connectivity index (χ3v) is 3.80. The maximum Gasteiger partial charge on any atom is 0.124 e. The van der Waals surface area contributed by atoms with Crippen LogP contribution in [-0.2, 0) is 13.2 Å². The highest BCUT2D eigenvalue weighted by Gasteiger charge is 2.05. The first-order valence-electron chi connectivity index (χ1n) is 7.46. The lowest BCUT2D eigenvalue weighted by Crippen LogP contribution is -2.26. The van der Waals surface area contributed by atoms with E-state index >= 15 is 0 Å². The number of benzene rings is 2. The fourth-order valence-corrected chi connectivity index (χ4v) is 2.50. The fourth-order valence-electron chi connectivity index (χ4n) is 2.09. The van der Waals surface area contributed by atoms with Crippen molar-refractivity contribution < 1.29 is 4.74 Å². The number of nitrogens with zero attached hydrogens (tertiary/aromatic N) is 1. The smallest absolute Gasteiger partial charge is 0.124 e. The second-order valence-corrected chi connectivity index (χ2v) is 6.42. The molecule has 3 nitrogen and oxygen atoms in total. The number of ether oxygens (including phenoxy) is 1. The minimum atomic E-state index is 0.590. The average Bonchev–Trinajstić information content (AvgIpc) is 2.51. The number of likely N-dealkylation sites (N-methyl/N-ethyl adjacent to an activating group) is 1. The van der Waals surface area contributed by atoms with E-state index in [0.717, 1.165) is 29.9 Å². The molecule has 0 heterocycles. The molecule has 1 N–H and O–H groups in total. The molecule has 22 heavy (non-hydrogen) atoms. The summed E-state index contributed by atoms with van der Waals surface area (Å²) in [5.41, 5.74) is 2.35. The summed E-state index contributed by atoms with van der Waals surface area (Å²) >= 11 is 3.53. The van der Waals surface area contributed by atoms with Gasteiger partial charge in [-0.25, -0.2) is 0 Å². The molecule has 0 unspecified atom stereocenters. The molecule has 0 aliphatic heterocycles. The van der Waals surface area contributed by atoms with Crippen molar-refractivity contribution in [1.82, 2.24) is 10.2 Å². The summed E-state index contributed by atoms with van der Waals surface area (Å²) in [6, 6.07) is 16.4. The van der Waals surface area contributed by atoms with Crippen LogP contribution in [0.2, 0.25) is 0 Å². The van der Waals surface area contributed by atoms with Crippen LogP contribution in [-0.4, -0.2) is 32.1 Å². The van der Waals surface area contributed by atoms with Crippen LogP contribution in [0.4, 0.5) is 0 Å². The molecular formula is C18H23BrN2O. The molecule has 0 saturated heterocycles. The second-order valence-electron chi connectivity index (χ2n) is 5.51. The van der Waals surface area contributed by atoms with Crippen LogP contribution in [0.25, 0.3) is 0 Å². The Balaban J connectivity index is 1.94. The topological polar surface area (TPSA) is 24.5 Å². The Labute approximate surface area is 141 Å². The van der Waals surface area contributed by atoms with Crippen molar-refractivity contribution in [2.24, 2.45) is 0 Å². The van der Waals surface area contributed by atoms with Gasteiger partial charge in [0, 0.05) is 29.7 Å². The average molecular weight is 363 g/mol. The van der Waals surface area contributed by atoms with E-state index in [2.05, 4.69) is 58.4 Å². The Bertz CT molecular complexity index is 573. The second kappa shape index (κ2) is 8.93. The lowest BCUT2D eigenvalue weighted by molar-refractivity contribution is 0.301. The fraction of sp³-hybridized carbons (Fsp3) is 0.333. The van der Waals surface area contributed by atoms with Gasteiger partial charge in [0.05, 0.1) is 0 Å². The summed E-state index contributed by atoms with van der Waals surface area (Å²) in [7, 11) is 4.16. The molecule has 2 rings (SSSR count). The third-order valence-electron chi connectivity index (χ3n) is 3.31. The van der Waals surface area contributed by atoms with Crippen LogP contribution < -0.4 is 10.1 Å². The molecular weight excluding hydrogens is 340 g/mol. The van der Waals surface area contributed by atoms with Gasteiger partial charge in [-0.1, -0.05) is 46.3 Å². The van der Waals surface area contributed by atoms with Gasteiger partial charge < -0.3 is 15.0 Å². The largest absolute Gasteiger partial charge is 0.489 e. The van der Waals surface area contributed by atoms with Gasteiger partial charge in [-0.3, -0.25) is 0 Å². The van der Waals surface area contributed by atoms with E-state index in [4.69, 9.17) is 4.74 Å². The normalized spacial score (nSPS) is 10.9. The van der Waals surface area contributed by atoms with E-state index in [1.807, 2.05) is 30.3 Å². The van der Waals surface area contributed by atoms with Crippen LogP contribution >= 0.6 is 15.9 Å². The highest BCUT2D eigenvalue weighted by atomic mass is 79.9. The van der Waals surface area contributed by atoms with Gasteiger partial charge in [0.2, 0.25) is 0 Å². The summed E-state index contributed by atoms with van der Waals surface area (Å²) in [4.78, 5) is 2.17. The van der Waals surface area contributed by atoms with Gasteiger partial charge in [-0.2, -0.15) is 0 Å². The summed E-state index contributed by atoms with van der Waals surface area (Å²) in [5.74, 6) is 0.935. The Kier molecular flexibility index (Phi) is 6.90. The van der Waals surface area contributed by atoms with Gasteiger partial charge in [0.1, 0.15) is 12.4 Å². The van der Waals surface area contributed by atoms with Gasteiger partial charge in [0.15, 0.2) is 0 Å². The zero-order chi connectivity index (χ0) is 15.8. The molecule has 0 bridgehead atoms. The molecule has 0 aromatic heterocycles. The minimum Gasteiger partial charge on any atom is -0.489 e. The summed E-state index contributed by atoms with van der Waals surface area (Å²) in [6.07, 6.45) is 0. The molecule has 0 aliphatic rings. The Morgan fingerprint density at radius 3 is 2.59 bits per heavy atom. The molecule has 118 valence electrons. The molecule has 4 heteroatoms. The lowest BCUT2D eigenvalue weighted by Gasteiger charge is -2.14. The summed E-state index contributed by atoms with van der Waals surface area (Å²) < 4.78 is 7.06. The predicted molar refractivity (Wildman–Crippen MR) is 95.2 cm³/mol. The van der Waals surface area contributed by atoms with Crippen LogP contribution in [0.15, 0.2) is 53.0 Å². The van der Waals surface area contributed by atoms with Crippen LogP contribution in [0.1, 0.15) is 11.1 Å². The molecule has 0 radical (unpaired) electrons. The van der Waals surface area contributed by atoms with Crippen LogP contribution in [0, 0.1) is 0 Å². The van der Waals surface area contributed by atoms with E-state index in [1.165, 1.54) is 11.1 Å². The van der Waals surface area contributed by atoms with Crippen LogP contribution in [0.3, 0.4) is 0 Å². The van der Waals surface area contributed by atoms with Gasteiger partial charge >= 0.3 is 0 Å². The molecule has 0 spiro atoms. The van der Waals surface area contributed by atoms with Gasteiger partial charge in [0.25, 0.3) is 0 Å². The van der Waals surface area contributed by atoms with Crippen molar-refractivity contribution in [3.8, 4) is 5.75 Å². The number of hydrogen-bond acceptors (Lipinski definition) is 3. The standard InChI is InChI=1S/C18H23BrN2O/c1-21(2)11-10-20-13-16-12-17(19)8-9-18(16)22-14-15-6-4-3-5-7-15/h3-9,12,20H,10-11,13-14H2,1-2H3. The summed E-state index contributed by atoms with van der Waals surface area (Å²) in [6.45, 7) is 3.37. The molecule has 2 aromatic carbocycles. The Morgan fingerprint density at radius 2 is 1.86 bits per heavy atom. The van der Waals surface area contributed by atoms with Crippen molar-refractivity contribution >= 4 is 15.9 Å². The number of nitrogens with one attached hydrogen (secondary N) is 1. The SMILES string of the molecule is CN(C)CCNCc1cc(Br)ccc1OCc1ccccc1. The quantitative estimate of drug-likeness (QED) is 0.725. The van der Waals surface area contributed by atoms with E-state index in [1.54, 1.807) is 0 Å². The lowest BCUT2D eigenvalue weighted by atomic mass is 10.2. The highest BCUT2D eigenvalue weighted by Crippen LogP contribution is 2.24. The number of halogens is 1. The third kappa shape index (κ3) is 5.79. The first-order valence-corrected chi connectivity index (χ1v) is 8.25. The van der Waals surface area contributed by atoms with Crippen molar-refractivity contribution in [3.63, 3.8) is 0 Å². The maximum absolute atomic E-state index is 5.99. The van der Waals surface area contributed by atoms with E-state index in [9.17, 15) is 0 Å². The number of hydrogen-bond donors (Lipinski definition) is 1. The Morgan fingerprint density at radius 1 is 1.09 bits per heavy atom. The van der Waals surface area contributed by atoms with Crippen molar-refractivity contribution in [2.75, 3.05) is 27.2 Å². The minimum absolute atomic E-state index is 0.590. The Hall–Kier alpha value is -1.36. The predicted octanol–water partition coefficient (Wildman–Crippen LogP) is 3.68. The van der Waals surface area contributed by atoms with Crippen molar-refractivity contribution in [3.05, 3.63) is 64.1 Å². The molecule has 0 fully saturated rings. The molecule has 0 saturated carbocycles. The van der Waals surface area contributed by atoms with E-state index in [-0.39, 0.29) is 0 Å². The van der Waals surface area contributed by atoms with Crippen molar-refractivity contribution in [2.45, 2.75) is 13.2 Å². The highest BCUT2D eigenvalue weighted by molar-refractivity contribution is 9.10. The van der Waals surface area contributed by atoms with Gasteiger partial charge in [-0.05, 0) is 37.9 Å². The molecule has 0 aliphatic carbocycles. The van der Waals surface area contributed by atoms with Crippen molar-refractivity contribution in [1.29, 1.82) is 0 Å². The first-order chi connectivity index (χ1) is 10.6. The zero-order valence-electron chi connectivity index (χ0n) is 13.2.